The van der Waals surface area contributed by atoms with Gasteiger partial charge in [0.05, 0.1) is 16.6 Å². The Morgan fingerprint density at radius 2 is 1.69 bits per heavy atom. The van der Waals surface area contributed by atoms with E-state index in [1.807, 2.05) is 44.2 Å². The number of nitrogens with one attached hydrogen (secondary N) is 2. The molecule has 264 valence electrons. The average Bonchev–Trinajstić information content (AvgIpc) is 3.05. The van der Waals surface area contributed by atoms with E-state index in [-0.39, 0.29) is 35.9 Å². The lowest BCUT2D eigenvalue weighted by molar-refractivity contribution is -0.145. The van der Waals surface area contributed by atoms with Crippen LogP contribution in [-0.4, -0.2) is 50.0 Å². The fraction of sp³-hybridized carbons (Fsp3) is 0.514. The van der Waals surface area contributed by atoms with Crippen molar-refractivity contribution in [1.29, 1.82) is 0 Å². The highest BCUT2D eigenvalue weighted by molar-refractivity contribution is 7.92. The molecule has 11 heteroatoms. The number of amides is 1. The molecule has 1 aliphatic rings. The van der Waals surface area contributed by atoms with Gasteiger partial charge in [-0.25, -0.2) is 22.0 Å². The fourth-order valence-electron chi connectivity index (χ4n) is 5.89. The summed E-state index contributed by atoms with van der Waals surface area (Å²) in [5.74, 6) is -3.67. The molecule has 1 unspecified atom stereocenters. The number of allylic oxidation sites excluding steroid dienone is 2. The standard InChI is InChI=1S/C37H51F2N3O5S/c1-4-11-33(12-5-2)48(45,46)25-30(23-42-36(43)29-15-8-7-9-16-29)37(44)47-35(24-41-22-27-14-10-13-26(6-3)17-27)34(40)20-28-18-31(38)21-32(39)19-28/h7-8,10,13-14,17-19,21,23,29,33-35,41H,4-6,9,11-12,15-16,20,22,24-25,40H2,1-3H3,(H,42,43)/t29?,34-,35+/m0/s1. The number of rotatable bonds is 19. The van der Waals surface area contributed by atoms with Crippen LogP contribution >= 0.6 is 0 Å². The number of esters is 1. The van der Waals surface area contributed by atoms with Crippen LogP contribution < -0.4 is 16.4 Å². The van der Waals surface area contributed by atoms with Gasteiger partial charge in [0, 0.05) is 37.3 Å². The number of benzene rings is 2. The van der Waals surface area contributed by atoms with Crippen molar-refractivity contribution in [2.45, 2.75) is 102 Å². The second-order valence-electron chi connectivity index (χ2n) is 12.6. The summed E-state index contributed by atoms with van der Waals surface area (Å²) in [4.78, 5) is 26.8. The largest absolute Gasteiger partial charge is 0.456 e. The molecule has 3 rings (SSSR count). The van der Waals surface area contributed by atoms with Crippen LogP contribution in [0, 0.1) is 17.6 Å². The van der Waals surface area contributed by atoms with Gasteiger partial charge in [-0.05, 0) is 73.8 Å². The van der Waals surface area contributed by atoms with E-state index < -0.39 is 50.6 Å². The molecule has 4 N–H and O–H groups in total. The Kier molecular flexibility index (Phi) is 15.9. The third kappa shape index (κ3) is 12.6. The Morgan fingerprint density at radius 3 is 2.31 bits per heavy atom. The molecule has 0 heterocycles. The highest BCUT2D eigenvalue weighted by Gasteiger charge is 2.31. The van der Waals surface area contributed by atoms with E-state index in [4.69, 9.17) is 10.5 Å². The molecule has 0 bridgehead atoms. The number of carbonyl (C=O) groups excluding carboxylic acids is 2. The van der Waals surface area contributed by atoms with Gasteiger partial charge in [0.1, 0.15) is 17.7 Å². The summed E-state index contributed by atoms with van der Waals surface area (Å²) in [6.45, 7) is 6.38. The smallest absolute Gasteiger partial charge is 0.336 e. The summed E-state index contributed by atoms with van der Waals surface area (Å²) in [6, 6.07) is 10.2. The number of ether oxygens (including phenoxy) is 1. The number of sulfone groups is 1. The van der Waals surface area contributed by atoms with Crippen LogP contribution in [0.2, 0.25) is 0 Å². The maximum absolute atomic E-state index is 14.0. The van der Waals surface area contributed by atoms with Gasteiger partial charge in [-0.3, -0.25) is 4.79 Å². The first-order valence-electron chi connectivity index (χ1n) is 17.0. The van der Waals surface area contributed by atoms with Gasteiger partial charge < -0.3 is 21.1 Å². The molecule has 0 saturated heterocycles. The molecule has 0 fully saturated rings. The Hall–Kier alpha value is -3.41. The molecule has 0 saturated carbocycles. The lowest BCUT2D eigenvalue weighted by Gasteiger charge is -2.26. The maximum Gasteiger partial charge on any atom is 0.336 e. The van der Waals surface area contributed by atoms with Crippen molar-refractivity contribution in [3.63, 3.8) is 0 Å². The predicted octanol–water partition coefficient (Wildman–Crippen LogP) is 5.84. The van der Waals surface area contributed by atoms with E-state index in [1.54, 1.807) is 0 Å². The van der Waals surface area contributed by atoms with Crippen LogP contribution in [0.1, 0.15) is 82.4 Å². The summed E-state index contributed by atoms with van der Waals surface area (Å²) >= 11 is 0. The Labute approximate surface area is 284 Å². The Bertz CT molecular complexity index is 1500. The monoisotopic (exact) mass is 687 g/mol. The molecular formula is C37H51F2N3O5S. The number of hydrogen-bond donors (Lipinski definition) is 3. The number of halogens is 2. The normalized spacial score (nSPS) is 16.5. The third-order valence-electron chi connectivity index (χ3n) is 8.58. The van der Waals surface area contributed by atoms with E-state index in [1.165, 1.54) is 12.1 Å². The van der Waals surface area contributed by atoms with Crippen molar-refractivity contribution in [2.24, 2.45) is 11.7 Å². The van der Waals surface area contributed by atoms with Crippen molar-refractivity contribution in [1.82, 2.24) is 10.6 Å². The maximum atomic E-state index is 14.0. The van der Waals surface area contributed by atoms with Gasteiger partial charge >= 0.3 is 5.97 Å². The van der Waals surface area contributed by atoms with Crippen molar-refractivity contribution < 1.29 is 31.5 Å². The number of carbonyl (C=O) groups is 2. The van der Waals surface area contributed by atoms with Crippen LogP contribution in [0.4, 0.5) is 8.78 Å². The molecule has 1 amide bonds. The van der Waals surface area contributed by atoms with Crippen molar-refractivity contribution >= 4 is 21.7 Å². The molecule has 0 aliphatic heterocycles. The van der Waals surface area contributed by atoms with Gasteiger partial charge in [-0.1, -0.05) is 70.0 Å². The highest BCUT2D eigenvalue weighted by atomic mass is 32.2. The molecule has 3 atom stereocenters. The third-order valence-corrected chi connectivity index (χ3v) is 10.8. The number of hydrogen-bond acceptors (Lipinski definition) is 7. The molecule has 48 heavy (non-hydrogen) atoms. The summed E-state index contributed by atoms with van der Waals surface area (Å²) < 4.78 is 61.1. The van der Waals surface area contributed by atoms with Crippen LogP contribution in [0.25, 0.3) is 0 Å². The van der Waals surface area contributed by atoms with E-state index >= 15 is 0 Å². The van der Waals surface area contributed by atoms with Crippen LogP contribution in [0.3, 0.4) is 0 Å². The minimum absolute atomic E-state index is 0.0159. The molecule has 8 nitrogen and oxygen atoms in total. The van der Waals surface area contributed by atoms with Crippen molar-refractivity contribution in [2.75, 3.05) is 12.3 Å². The summed E-state index contributed by atoms with van der Waals surface area (Å²) in [6.07, 6.45) is 9.09. The lowest BCUT2D eigenvalue weighted by Crippen LogP contribution is -2.46. The summed E-state index contributed by atoms with van der Waals surface area (Å²) in [7, 11) is -3.80. The molecule has 0 radical (unpaired) electrons. The molecular weight excluding hydrogens is 636 g/mol. The SMILES string of the molecule is CCCC(CCC)S(=O)(=O)CC(=CNC(=O)C1CC=CCC1)C(=O)O[C@H](CNCc1cccc(CC)c1)[C@@H](N)Cc1cc(F)cc(F)c1. The molecule has 2 aromatic carbocycles. The van der Waals surface area contributed by atoms with Crippen LogP contribution in [0.15, 0.2) is 66.4 Å². The van der Waals surface area contributed by atoms with Crippen molar-refractivity contribution in [3.05, 3.63) is 94.7 Å². The lowest BCUT2D eigenvalue weighted by atomic mass is 9.94. The van der Waals surface area contributed by atoms with E-state index in [0.717, 1.165) is 36.2 Å². The van der Waals surface area contributed by atoms with E-state index in [9.17, 15) is 26.8 Å². The first-order chi connectivity index (χ1) is 22.9. The minimum Gasteiger partial charge on any atom is -0.456 e. The molecule has 0 spiro atoms. The second-order valence-corrected chi connectivity index (χ2v) is 14.8. The molecule has 1 aliphatic carbocycles. The quantitative estimate of drug-likeness (QED) is 0.0963. The Morgan fingerprint density at radius 1 is 1.00 bits per heavy atom. The van der Waals surface area contributed by atoms with E-state index in [0.29, 0.717) is 45.1 Å². The Balaban J connectivity index is 1.88. The zero-order valence-corrected chi connectivity index (χ0v) is 29.2. The minimum atomic E-state index is -3.80. The highest BCUT2D eigenvalue weighted by Crippen LogP contribution is 2.21. The predicted molar refractivity (Wildman–Crippen MR) is 186 cm³/mol. The summed E-state index contributed by atoms with van der Waals surface area (Å²) in [5, 5.41) is 5.27. The first-order valence-corrected chi connectivity index (χ1v) is 18.7. The zero-order chi connectivity index (χ0) is 35.1. The second kappa shape index (κ2) is 19.6. The zero-order valence-electron chi connectivity index (χ0n) is 28.4. The van der Waals surface area contributed by atoms with Gasteiger partial charge in [-0.15, -0.1) is 0 Å². The number of nitrogens with two attached hydrogens (primary N) is 1. The summed E-state index contributed by atoms with van der Waals surface area (Å²) in [5.41, 5.74) is 8.76. The average molecular weight is 688 g/mol. The first kappa shape index (κ1) is 39.0. The van der Waals surface area contributed by atoms with Gasteiger partial charge in [0.2, 0.25) is 5.91 Å². The van der Waals surface area contributed by atoms with Gasteiger partial charge in [-0.2, -0.15) is 0 Å². The number of aryl methyl sites for hydroxylation is 1. The van der Waals surface area contributed by atoms with E-state index in [2.05, 4.69) is 23.6 Å². The van der Waals surface area contributed by atoms with Crippen molar-refractivity contribution in [3.8, 4) is 0 Å². The van der Waals surface area contributed by atoms with Crippen LogP contribution in [0.5, 0.6) is 0 Å². The molecule has 2 aromatic rings. The molecule has 0 aromatic heterocycles. The van der Waals surface area contributed by atoms with Gasteiger partial charge in [0.25, 0.3) is 0 Å². The fourth-order valence-corrected chi connectivity index (χ4v) is 7.95. The van der Waals surface area contributed by atoms with Crippen LogP contribution in [-0.2, 0) is 43.5 Å². The topological polar surface area (TPSA) is 128 Å². The van der Waals surface area contributed by atoms with Gasteiger partial charge in [0.15, 0.2) is 9.84 Å².